The van der Waals surface area contributed by atoms with Crippen molar-refractivity contribution in [2.24, 2.45) is 5.10 Å². The van der Waals surface area contributed by atoms with E-state index < -0.39 is 0 Å². The largest absolute Gasteiger partial charge is 0.488 e. The maximum Gasteiger partial charge on any atom is 0.271 e. The number of hydrogen-bond acceptors (Lipinski definition) is 4. The number of nitrogens with zero attached hydrogens (tertiary/aromatic N) is 1. The standard InChI is InChI=1S/C19H18BrN3O3/c1-3-10-26-18-9-4-14(11-17(18)20)12-21-23-19(25)15-5-7-16(8-6-15)22-13(2)24/h3-9,11-12H,1,10H2,2H3,(H,22,24)(H,23,25). The first-order valence-electron chi connectivity index (χ1n) is 7.74. The molecule has 0 radical (unpaired) electrons. The highest BCUT2D eigenvalue weighted by molar-refractivity contribution is 9.10. The summed E-state index contributed by atoms with van der Waals surface area (Å²) in [4.78, 5) is 23.0. The minimum absolute atomic E-state index is 0.168. The first-order valence-corrected chi connectivity index (χ1v) is 8.53. The monoisotopic (exact) mass is 415 g/mol. The average molecular weight is 416 g/mol. The zero-order chi connectivity index (χ0) is 18.9. The Hall–Kier alpha value is -2.93. The summed E-state index contributed by atoms with van der Waals surface area (Å²) in [5.74, 6) is 0.185. The first-order chi connectivity index (χ1) is 12.5. The van der Waals surface area contributed by atoms with Crippen molar-refractivity contribution in [2.75, 3.05) is 11.9 Å². The number of hydrogen-bond donors (Lipinski definition) is 2. The van der Waals surface area contributed by atoms with Crippen LogP contribution in [0.2, 0.25) is 0 Å². The summed E-state index contributed by atoms with van der Waals surface area (Å²) < 4.78 is 6.25. The molecule has 0 saturated carbocycles. The molecule has 0 aliphatic carbocycles. The minimum Gasteiger partial charge on any atom is -0.488 e. The number of ether oxygens (including phenoxy) is 1. The second-order valence-electron chi connectivity index (χ2n) is 5.25. The summed E-state index contributed by atoms with van der Waals surface area (Å²) in [7, 11) is 0. The molecule has 2 rings (SSSR count). The van der Waals surface area contributed by atoms with Crippen molar-refractivity contribution in [1.29, 1.82) is 0 Å². The molecule has 0 aromatic heterocycles. The Morgan fingerprint density at radius 2 is 1.96 bits per heavy atom. The molecule has 0 saturated heterocycles. The van der Waals surface area contributed by atoms with Crippen molar-refractivity contribution in [3.63, 3.8) is 0 Å². The Kier molecular flexibility index (Phi) is 7.11. The molecule has 6 nitrogen and oxygen atoms in total. The molecule has 0 unspecified atom stereocenters. The molecule has 7 heteroatoms. The number of rotatable bonds is 7. The van der Waals surface area contributed by atoms with E-state index in [9.17, 15) is 9.59 Å². The molecule has 0 aliphatic rings. The minimum atomic E-state index is -0.347. The molecular formula is C19H18BrN3O3. The molecule has 0 heterocycles. The van der Waals surface area contributed by atoms with Crippen molar-refractivity contribution < 1.29 is 14.3 Å². The molecule has 2 amide bonds. The lowest BCUT2D eigenvalue weighted by Crippen LogP contribution is -2.17. The summed E-state index contributed by atoms with van der Waals surface area (Å²) in [5, 5.41) is 6.59. The molecule has 2 aromatic carbocycles. The number of halogens is 1. The molecule has 2 aromatic rings. The van der Waals surface area contributed by atoms with Gasteiger partial charge in [-0.25, -0.2) is 5.43 Å². The Bertz CT molecular complexity index is 832. The quantitative estimate of drug-likeness (QED) is 0.410. The fourth-order valence-corrected chi connectivity index (χ4v) is 2.51. The Labute approximate surface area is 160 Å². The van der Waals surface area contributed by atoms with E-state index in [2.05, 4.69) is 38.4 Å². The van der Waals surface area contributed by atoms with Gasteiger partial charge in [0.15, 0.2) is 0 Å². The topological polar surface area (TPSA) is 79.8 Å². The summed E-state index contributed by atoms with van der Waals surface area (Å²) in [6, 6.07) is 12.0. The average Bonchev–Trinajstić information content (AvgIpc) is 2.61. The first kappa shape index (κ1) is 19.4. The maximum absolute atomic E-state index is 12.1. The zero-order valence-corrected chi connectivity index (χ0v) is 15.7. The zero-order valence-electron chi connectivity index (χ0n) is 14.2. The molecule has 0 spiro atoms. The van der Waals surface area contributed by atoms with E-state index >= 15 is 0 Å². The van der Waals surface area contributed by atoms with Gasteiger partial charge in [0.25, 0.3) is 5.91 Å². The van der Waals surface area contributed by atoms with Gasteiger partial charge in [-0.2, -0.15) is 5.10 Å². The molecule has 0 bridgehead atoms. The van der Waals surface area contributed by atoms with Crippen LogP contribution in [0.4, 0.5) is 5.69 Å². The summed E-state index contributed by atoms with van der Waals surface area (Å²) in [6.45, 7) is 5.44. The van der Waals surface area contributed by atoms with Crippen LogP contribution in [0.15, 0.2) is 64.7 Å². The van der Waals surface area contributed by atoms with Crippen molar-refractivity contribution >= 4 is 39.6 Å². The lowest BCUT2D eigenvalue weighted by atomic mass is 10.2. The number of nitrogens with one attached hydrogen (secondary N) is 2. The molecule has 0 fully saturated rings. The van der Waals surface area contributed by atoms with Crippen molar-refractivity contribution in [2.45, 2.75) is 6.92 Å². The van der Waals surface area contributed by atoms with Crippen LogP contribution in [0.25, 0.3) is 0 Å². The summed E-state index contributed by atoms with van der Waals surface area (Å²) in [6.07, 6.45) is 3.20. The SMILES string of the molecule is C=CCOc1ccc(C=NNC(=O)c2ccc(NC(C)=O)cc2)cc1Br. The van der Waals surface area contributed by atoms with E-state index in [1.807, 2.05) is 12.1 Å². The fraction of sp³-hybridized carbons (Fsp3) is 0.105. The van der Waals surface area contributed by atoms with E-state index in [4.69, 9.17) is 4.74 Å². The van der Waals surface area contributed by atoms with Crippen LogP contribution in [0.1, 0.15) is 22.8 Å². The van der Waals surface area contributed by atoms with Crippen molar-refractivity contribution in [3.8, 4) is 5.75 Å². The number of benzene rings is 2. The highest BCUT2D eigenvalue weighted by Gasteiger charge is 2.05. The van der Waals surface area contributed by atoms with Gasteiger partial charge in [0, 0.05) is 18.2 Å². The third-order valence-corrected chi connectivity index (χ3v) is 3.78. The predicted octanol–water partition coefficient (Wildman–Crippen LogP) is 3.74. The molecule has 0 aliphatic heterocycles. The van der Waals surface area contributed by atoms with Gasteiger partial charge in [0.1, 0.15) is 12.4 Å². The normalized spacial score (nSPS) is 10.4. The number of hydrazone groups is 1. The number of amides is 2. The van der Waals surface area contributed by atoms with Crippen molar-refractivity contribution in [3.05, 3.63) is 70.7 Å². The van der Waals surface area contributed by atoms with Crippen LogP contribution >= 0.6 is 15.9 Å². The van der Waals surface area contributed by atoms with Gasteiger partial charge >= 0.3 is 0 Å². The third-order valence-electron chi connectivity index (χ3n) is 3.16. The molecule has 2 N–H and O–H groups in total. The molecule has 26 heavy (non-hydrogen) atoms. The maximum atomic E-state index is 12.1. The van der Waals surface area contributed by atoms with Gasteiger partial charge in [-0.1, -0.05) is 12.7 Å². The smallest absolute Gasteiger partial charge is 0.271 e. The van der Waals surface area contributed by atoms with Gasteiger partial charge in [0.2, 0.25) is 5.91 Å². The van der Waals surface area contributed by atoms with E-state index in [0.29, 0.717) is 23.6 Å². The molecular weight excluding hydrogens is 398 g/mol. The third kappa shape index (κ3) is 5.86. The van der Waals surface area contributed by atoms with E-state index in [1.165, 1.54) is 13.1 Å². The number of carbonyl (C=O) groups excluding carboxylic acids is 2. The van der Waals surface area contributed by atoms with Gasteiger partial charge in [-0.05, 0) is 64.0 Å². The number of carbonyl (C=O) groups is 2. The summed E-state index contributed by atoms with van der Waals surface area (Å²) in [5.41, 5.74) is 4.32. The van der Waals surface area contributed by atoms with Crippen LogP contribution in [-0.2, 0) is 4.79 Å². The van der Waals surface area contributed by atoms with Crippen LogP contribution in [0, 0.1) is 0 Å². The lowest BCUT2D eigenvalue weighted by molar-refractivity contribution is -0.114. The second kappa shape index (κ2) is 9.53. The highest BCUT2D eigenvalue weighted by Crippen LogP contribution is 2.25. The fourth-order valence-electron chi connectivity index (χ4n) is 2.00. The van der Waals surface area contributed by atoms with Crippen LogP contribution in [0.3, 0.4) is 0 Å². The van der Waals surface area contributed by atoms with Crippen LogP contribution in [0.5, 0.6) is 5.75 Å². The second-order valence-corrected chi connectivity index (χ2v) is 6.10. The number of anilines is 1. The van der Waals surface area contributed by atoms with Gasteiger partial charge < -0.3 is 10.1 Å². The van der Waals surface area contributed by atoms with Crippen LogP contribution in [-0.4, -0.2) is 24.6 Å². The molecule has 0 atom stereocenters. The Morgan fingerprint density at radius 1 is 1.23 bits per heavy atom. The van der Waals surface area contributed by atoms with Gasteiger partial charge in [-0.15, -0.1) is 0 Å². The van der Waals surface area contributed by atoms with Crippen molar-refractivity contribution in [1.82, 2.24) is 5.43 Å². The van der Waals surface area contributed by atoms with Gasteiger partial charge in [-0.3, -0.25) is 9.59 Å². The van der Waals surface area contributed by atoms with Gasteiger partial charge in [0.05, 0.1) is 10.7 Å². The predicted molar refractivity (Wildman–Crippen MR) is 106 cm³/mol. The molecule has 134 valence electrons. The Morgan fingerprint density at radius 3 is 2.58 bits per heavy atom. The Balaban J connectivity index is 1.95. The van der Waals surface area contributed by atoms with E-state index in [-0.39, 0.29) is 11.8 Å². The summed E-state index contributed by atoms with van der Waals surface area (Å²) >= 11 is 3.42. The lowest BCUT2D eigenvalue weighted by Gasteiger charge is -2.06. The highest BCUT2D eigenvalue weighted by atomic mass is 79.9. The van der Waals surface area contributed by atoms with Crippen LogP contribution < -0.4 is 15.5 Å². The van der Waals surface area contributed by atoms with E-state index in [1.54, 1.807) is 36.4 Å². The van der Waals surface area contributed by atoms with E-state index in [0.717, 1.165) is 10.0 Å².